The molecule has 0 aromatic rings. The lowest BCUT2D eigenvalue weighted by Crippen LogP contribution is -2.53. The average molecular weight is 368 g/mol. The van der Waals surface area contributed by atoms with E-state index < -0.39 is 0 Å². The molecule has 2 fully saturated rings. The lowest BCUT2D eigenvalue weighted by atomic mass is 9.88. The van der Waals surface area contributed by atoms with Crippen LogP contribution in [0.15, 0.2) is 0 Å². The lowest BCUT2D eigenvalue weighted by molar-refractivity contribution is -0.128. The summed E-state index contributed by atoms with van der Waals surface area (Å²) in [6, 6.07) is 0.525. The Bertz CT molecular complexity index is 477. The molecule has 0 aromatic heterocycles. The molecule has 1 N–H and O–H groups in total. The van der Waals surface area contributed by atoms with Crippen LogP contribution in [0.5, 0.6) is 0 Å². The van der Waals surface area contributed by atoms with Gasteiger partial charge in [0.15, 0.2) is 0 Å². The zero-order valence-corrected chi connectivity index (χ0v) is 17.2. The van der Waals surface area contributed by atoms with E-state index in [4.69, 9.17) is 4.74 Å². The van der Waals surface area contributed by atoms with E-state index in [0.29, 0.717) is 18.6 Å². The normalized spacial score (nSPS) is 21.1. The first kappa shape index (κ1) is 21.0. The zero-order valence-electron chi connectivity index (χ0n) is 17.2. The van der Waals surface area contributed by atoms with Crippen molar-refractivity contribution in [2.45, 2.75) is 71.9 Å². The van der Waals surface area contributed by atoms with Crippen molar-refractivity contribution in [1.82, 2.24) is 15.1 Å². The third kappa shape index (κ3) is 5.35. The quantitative estimate of drug-likeness (QED) is 0.812. The van der Waals surface area contributed by atoms with E-state index >= 15 is 0 Å². The first-order valence-electron chi connectivity index (χ1n) is 10.2. The van der Waals surface area contributed by atoms with E-state index in [1.807, 2.05) is 11.8 Å². The van der Waals surface area contributed by atoms with Gasteiger partial charge >= 0.3 is 6.09 Å². The van der Waals surface area contributed by atoms with Crippen molar-refractivity contribution in [1.29, 1.82) is 0 Å². The first-order chi connectivity index (χ1) is 12.2. The molecule has 0 saturated carbocycles. The average Bonchev–Trinajstić information content (AvgIpc) is 2.61. The fourth-order valence-electron chi connectivity index (χ4n) is 3.72. The van der Waals surface area contributed by atoms with Crippen LogP contribution in [0.3, 0.4) is 0 Å². The fourth-order valence-corrected chi connectivity index (χ4v) is 3.72. The first-order valence-corrected chi connectivity index (χ1v) is 10.2. The lowest BCUT2D eigenvalue weighted by Gasteiger charge is -2.41. The maximum absolute atomic E-state index is 12.6. The number of rotatable bonds is 5. The SMILES string of the molecule is CCOC(=O)N1CCC(N2CCC(C(=O)NC(C)(C)C(C)C)CC2)CC1. The molecule has 6 heteroatoms. The predicted molar refractivity (Wildman–Crippen MR) is 103 cm³/mol. The maximum atomic E-state index is 12.6. The summed E-state index contributed by atoms with van der Waals surface area (Å²) in [5.41, 5.74) is -0.159. The van der Waals surface area contributed by atoms with E-state index in [9.17, 15) is 9.59 Å². The van der Waals surface area contributed by atoms with Crippen LogP contribution in [0.2, 0.25) is 0 Å². The van der Waals surface area contributed by atoms with Gasteiger partial charge in [0, 0.05) is 30.6 Å². The zero-order chi connectivity index (χ0) is 19.3. The Morgan fingerprint density at radius 3 is 2.15 bits per heavy atom. The molecule has 2 aliphatic rings. The Morgan fingerprint density at radius 1 is 1.08 bits per heavy atom. The number of ether oxygens (including phenoxy) is 1. The second kappa shape index (κ2) is 9.07. The summed E-state index contributed by atoms with van der Waals surface area (Å²) in [6.07, 6.45) is 3.66. The second-order valence-electron chi connectivity index (χ2n) is 8.59. The van der Waals surface area contributed by atoms with E-state index in [2.05, 4.69) is 37.9 Å². The third-order valence-corrected chi connectivity index (χ3v) is 6.30. The van der Waals surface area contributed by atoms with Crippen LogP contribution < -0.4 is 5.32 Å². The molecule has 6 nitrogen and oxygen atoms in total. The Labute approximate surface area is 158 Å². The van der Waals surface area contributed by atoms with Gasteiger partial charge in [0.2, 0.25) is 5.91 Å². The molecule has 0 spiro atoms. The molecule has 0 unspecified atom stereocenters. The summed E-state index contributed by atoms with van der Waals surface area (Å²) in [5.74, 6) is 0.750. The highest BCUT2D eigenvalue weighted by Gasteiger charge is 2.34. The molecule has 0 aromatic carbocycles. The van der Waals surface area contributed by atoms with Crippen LogP contribution in [0, 0.1) is 11.8 Å². The highest BCUT2D eigenvalue weighted by molar-refractivity contribution is 5.79. The van der Waals surface area contributed by atoms with Gasteiger partial charge in [0.1, 0.15) is 0 Å². The summed E-state index contributed by atoms with van der Waals surface area (Å²) in [4.78, 5) is 28.7. The summed E-state index contributed by atoms with van der Waals surface area (Å²) in [7, 11) is 0. The van der Waals surface area contributed by atoms with Crippen molar-refractivity contribution in [2.75, 3.05) is 32.8 Å². The number of likely N-dealkylation sites (tertiary alicyclic amines) is 2. The topological polar surface area (TPSA) is 61.9 Å². The van der Waals surface area contributed by atoms with Gasteiger partial charge in [0.05, 0.1) is 6.61 Å². The molecule has 150 valence electrons. The van der Waals surface area contributed by atoms with E-state index in [0.717, 1.165) is 51.9 Å². The Morgan fingerprint density at radius 2 is 1.65 bits per heavy atom. The van der Waals surface area contributed by atoms with Gasteiger partial charge in [-0.25, -0.2) is 4.79 Å². The Hall–Kier alpha value is -1.30. The van der Waals surface area contributed by atoms with Crippen LogP contribution in [0.4, 0.5) is 4.79 Å². The van der Waals surface area contributed by atoms with Crippen LogP contribution >= 0.6 is 0 Å². The summed E-state index contributed by atoms with van der Waals surface area (Å²) in [6.45, 7) is 14.3. The minimum Gasteiger partial charge on any atom is -0.450 e. The highest BCUT2D eigenvalue weighted by Crippen LogP contribution is 2.25. The summed E-state index contributed by atoms with van der Waals surface area (Å²) >= 11 is 0. The molecule has 2 rings (SSSR count). The number of piperidine rings is 2. The fraction of sp³-hybridized carbons (Fsp3) is 0.900. The number of nitrogens with zero attached hydrogens (tertiary/aromatic N) is 2. The van der Waals surface area contributed by atoms with Crippen molar-refractivity contribution in [3.05, 3.63) is 0 Å². The van der Waals surface area contributed by atoms with Crippen molar-refractivity contribution in [3.63, 3.8) is 0 Å². The largest absolute Gasteiger partial charge is 0.450 e. The molecule has 0 radical (unpaired) electrons. The molecule has 2 saturated heterocycles. The predicted octanol–water partition coefficient (Wildman–Crippen LogP) is 2.87. The van der Waals surface area contributed by atoms with Crippen molar-refractivity contribution < 1.29 is 14.3 Å². The standard InChI is InChI=1S/C20H37N3O3/c1-6-26-19(25)23-13-9-17(10-14-23)22-11-7-16(8-12-22)18(24)21-20(4,5)15(2)3/h15-17H,6-14H2,1-5H3,(H,21,24). The van der Waals surface area contributed by atoms with Crippen molar-refractivity contribution in [2.24, 2.45) is 11.8 Å². The second-order valence-corrected chi connectivity index (χ2v) is 8.59. The molecular weight excluding hydrogens is 330 g/mol. The third-order valence-electron chi connectivity index (χ3n) is 6.30. The molecule has 2 amide bonds. The number of hydrogen-bond acceptors (Lipinski definition) is 4. The van der Waals surface area contributed by atoms with E-state index in [1.54, 1.807) is 0 Å². The van der Waals surface area contributed by atoms with Gasteiger partial charge in [0.25, 0.3) is 0 Å². The monoisotopic (exact) mass is 367 g/mol. The smallest absolute Gasteiger partial charge is 0.409 e. The van der Waals surface area contributed by atoms with Crippen LogP contribution in [-0.4, -0.2) is 66.2 Å². The van der Waals surface area contributed by atoms with Gasteiger partial charge in [-0.15, -0.1) is 0 Å². The minimum atomic E-state index is -0.186. The molecule has 0 bridgehead atoms. The summed E-state index contributed by atoms with van der Waals surface area (Å²) < 4.78 is 5.09. The number of nitrogens with one attached hydrogen (secondary N) is 1. The van der Waals surface area contributed by atoms with Crippen LogP contribution in [0.1, 0.15) is 60.3 Å². The van der Waals surface area contributed by atoms with Gasteiger partial charge < -0.3 is 19.9 Å². The Kier molecular flexibility index (Phi) is 7.33. The number of carbonyl (C=O) groups is 2. The van der Waals surface area contributed by atoms with Gasteiger partial charge in [-0.3, -0.25) is 4.79 Å². The Balaban J connectivity index is 1.75. The minimum absolute atomic E-state index is 0.129. The molecule has 0 atom stereocenters. The summed E-state index contributed by atoms with van der Waals surface area (Å²) in [5, 5.41) is 3.23. The maximum Gasteiger partial charge on any atom is 0.409 e. The van der Waals surface area contributed by atoms with Crippen molar-refractivity contribution in [3.8, 4) is 0 Å². The van der Waals surface area contributed by atoms with Crippen LogP contribution in [0.25, 0.3) is 0 Å². The van der Waals surface area contributed by atoms with E-state index in [-0.39, 0.29) is 23.5 Å². The number of amides is 2. The van der Waals surface area contributed by atoms with Crippen molar-refractivity contribution >= 4 is 12.0 Å². The molecule has 26 heavy (non-hydrogen) atoms. The molecular formula is C20H37N3O3. The van der Waals surface area contributed by atoms with Gasteiger partial charge in [-0.2, -0.15) is 0 Å². The van der Waals surface area contributed by atoms with E-state index in [1.165, 1.54) is 0 Å². The molecule has 2 aliphatic heterocycles. The number of carbonyl (C=O) groups excluding carboxylic acids is 2. The van der Waals surface area contributed by atoms with Crippen LogP contribution in [-0.2, 0) is 9.53 Å². The highest BCUT2D eigenvalue weighted by atomic mass is 16.6. The van der Waals surface area contributed by atoms with Gasteiger partial charge in [-0.1, -0.05) is 13.8 Å². The molecule has 2 heterocycles. The molecule has 0 aliphatic carbocycles. The number of hydrogen-bond donors (Lipinski definition) is 1. The van der Waals surface area contributed by atoms with Gasteiger partial charge in [-0.05, 0) is 65.5 Å².